The van der Waals surface area contributed by atoms with Gasteiger partial charge in [-0.3, -0.25) is 4.79 Å². The lowest BCUT2D eigenvalue weighted by atomic mass is 9.79. The number of nitrogens with one attached hydrogen (secondary N) is 2. The molecule has 0 saturated heterocycles. The van der Waals surface area contributed by atoms with Gasteiger partial charge in [0.2, 0.25) is 5.91 Å². The average Bonchev–Trinajstić information content (AvgIpc) is 2.78. The van der Waals surface area contributed by atoms with Crippen LogP contribution in [0.4, 0.5) is 14.6 Å². The number of ether oxygens (including phenoxy) is 1. The Kier molecular flexibility index (Phi) is 8.28. The molecule has 9 heteroatoms. The molecule has 3 N–H and O–H groups in total. The summed E-state index contributed by atoms with van der Waals surface area (Å²) in [7, 11) is 0. The number of anilines is 1. The number of carboxylic acids is 1. The lowest BCUT2D eigenvalue weighted by Crippen LogP contribution is -2.43. The number of pyridine rings is 1. The number of aromatic nitrogens is 1. The highest BCUT2D eigenvalue weighted by Gasteiger charge is 2.30. The summed E-state index contributed by atoms with van der Waals surface area (Å²) in [5, 5.41) is 15.2. The minimum atomic E-state index is -1.18. The van der Waals surface area contributed by atoms with Crippen molar-refractivity contribution in [3.05, 3.63) is 58.8 Å². The molecule has 35 heavy (non-hydrogen) atoms. The van der Waals surface area contributed by atoms with Gasteiger partial charge < -0.3 is 20.5 Å². The second kappa shape index (κ2) is 11.6. The molecule has 4 rings (SSSR count). The van der Waals surface area contributed by atoms with Crippen molar-refractivity contribution in [2.24, 2.45) is 5.92 Å². The first-order chi connectivity index (χ1) is 16.9. The molecule has 2 aliphatic rings. The fraction of sp³-hybridized carbons (Fsp3) is 0.500. The van der Waals surface area contributed by atoms with E-state index < -0.39 is 29.6 Å². The lowest BCUT2D eigenvalue weighted by Gasteiger charge is -2.35. The van der Waals surface area contributed by atoms with Gasteiger partial charge in [0.25, 0.3) is 0 Å². The molecule has 2 aromatic rings. The number of carboxylic acid groups (broad SMARTS) is 1. The summed E-state index contributed by atoms with van der Waals surface area (Å²) in [6.07, 6.45) is 5.96. The van der Waals surface area contributed by atoms with E-state index in [9.17, 15) is 23.5 Å². The number of benzene rings is 1. The van der Waals surface area contributed by atoms with Crippen molar-refractivity contribution in [3.63, 3.8) is 0 Å². The van der Waals surface area contributed by atoms with Crippen LogP contribution >= 0.6 is 0 Å². The quantitative estimate of drug-likeness (QED) is 0.447. The van der Waals surface area contributed by atoms with Crippen molar-refractivity contribution in [1.82, 2.24) is 10.3 Å². The van der Waals surface area contributed by atoms with Crippen LogP contribution in [0.25, 0.3) is 0 Å². The second-order valence-electron chi connectivity index (χ2n) is 9.41. The molecule has 1 amide bonds. The van der Waals surface area contributed by atoms with Crippen LogP contribution in [0.5, 0.6) is 0 Å². The molecule has 0 spiro atoms. The summed E-state index contributed by atoms with van der Waals surface area (Å²) in [5.74, 6) is -1.78. The first-order valence-corrected chi connectivity index (χ1v) is 12.2. The first kappa shape index (κ1) is 25.0. The molecule has 1 saturated carbocycles. The zero-order valence-electron chi connectivity index (χ0n) is 19.6. The second-order valence-corrected chi connectivity index (χ2v) is 9.41. The highest BCUT2D eigenvalue weighted by Crippen LogP contribution is 2.34. The first-order valence-electron chi connectivity index (χ1n) is 12.2. The molecule has 0 bridgehead atoms. The van der Waals surface area contributed by atoms with E-state index in [2.05, 4.69) is 22.8 Å². The van der Waals surface area contributed by atoms with Gasteiger partial charge in [0, 0.05) is 31.3 Å². The maximum absolute atomic E-state index is 13.3. The third kappa shape index (κ3) is 7.21. The number of carbonyl (C=O) groups is 2. The predicted molar refractivity (Wildman–Crippen MR) is 126 cm³/mol. The van der Waals surface area contributed by atoms with Gasteiger partial charge >= 0.3 is 5.97 Å². The number of halogens is 2. The van der Waals surface area contributed by atoms with Gasteiger partial charge in [0.15, 0.2) is 0 Å². The highest BCUT2D eigenvalue weighted by atomic mass is 19.1. The molecule has 1 atom stereocenters. The van der Waals surface area contributed by atoms with Crippen molar-refractivity contribution in [2.45, 2.75) is 63.5 Å². The summed E-state index contributed by atoms with van der Waals surface area (Å²) in [4.78, 5) is 28.4. The Morgan fingerprint density at radius 2 is 1.97 bits per heavy atom. The minimum absolute atomic E-state index is 0.0959. The predicted octanol–water partition coefficient (Wildman–Crippen LogP) is 3.65. The lowest BCUT2D eigenvalue weighted by molar-refractivity contribution is -0.142. The Balaban J connectivity index is 1.13. The van der Waals surface area contributed by atoms with Crippen molar-refractivity contribution in [3.8, 4) is 0 Å². The molecule has 1 fully saturated rings. The van der Waals surface area contributed by atoms with Gasteiger partial charge in [0.05, 0.1) is 12.5 Å². The van der Waals surface area contributed by atoms with Gasteiger partial charge in [-0.05, 0) is 73.8 Å². The number of hydrogen-bond acceptors (Lipinski definition) is 5. The number of hydrogen-bond donors (Lipinski definition) is 3. The summed E-state index contributed by atoms with van der Waals surface area (Å²) in [5.41, 5.74) is 2.53. The third-order valence-electron chi connectivity index (χ3n) is 6.63. The highest BCUT2D eigenvalue weighted by molar-refractivity contribution is 5.84. The van der Waals surface area contributed by atoms with Crippen LogP contribution in [0, 0.1) is 17.6 Å². The number of carbonyl (C=O) groups excluding carboxylic acids is 1. The van der Waals surface area contributed by atoms with Crippen LogP contribution in [0.2, 0.25) is 0 Å². The van der Waals surface area contributed by atoms with Crippen LogP contribution in [0.15, 0.2) is 30.3 Å². The Hall–Kier alpha value is -3.07. The number of fused-ring (bicyclic) bond motifs is 1. The van der Waals surface area contributed by atoms with Crippen LogP contribution in [-0.2, 0) is 33.6 Å². The number of aliphatic carboxylic acids is 1. The van der Waals surface area contributed by atoms with Crippen LogP contribution in [0.3, 0.4) is 0 Å². The van der Waals surface area contributed by atoms with E-state index >= 15 is 0 Å². The van der Waals surface area contributed by atoms with Crippen LogP contribution in [-0.4, -0.2) is 47.3 Å². The fourth-order valence-electron chi connectivity index (χ4n) is 4.66. The Morgan fingerprint density at radius 3 is 2.71 bits per heavy atom. The average molecular weight is 488 g/mol. The Bertz CT molecular complexity index is 1040. The van der Waals surface area contributed by atoms with Crippen molar-refractivity contribution >= 4 is 17.7 Å². The molecule has 0 radical (unpaired) electrons. The van der Waals surface area contributed by atoms with Gasteiger partial charge in [0.1, 0.15) is 23.5 Å². The zero-order chi connectivity index (χ0) is 24.8. The number of amides is 1. The maximum Gasteiger partial charge on any atom is 0.326 e. The van der Waals surface area contributed by atoms with Gasteiger partial charge in [-0.2, -0.15) is 0 Å². The van der Waals surface area contributed by atoms with E-state index in [0.717, 1.165) is 68.7 Å². The van der Waals surface area contributed by atoms with Gasteiger partial charge in [-0.15, -0.1) is 0 Å². The molecule has 1 aromatic carbocycles. The maximum atomic E-state index is 13.3. The number of aryl methyl sites for hydroxylation is 2. The molecule has 1 aliphatic heterocycles. The Morgan fingerprint density at radius 1 is 1.20 bits per heavy atom. The number of nitrogens with zero attached hydrogens (tertiary/aromatic N) is 1. The summed E-state index contributed by atoms with van der Waals surface area (Å²) < 4.78 is 32.4. The number of rotatable bonds is 11. The van der Waals surface area contributed by atoms with E-state index in [4.69, 9.17) is 9.72 Å². The summed E-state index contributed by atoms with van der Waals surface area (Å²) >= 11 is 0. The third-order valence-corrected chi connectivity index (χ3v) is 6.63. The topological polar surface area (TPSA) is 101 Å². The van der Waals surface area contributed by atoms with Gasteiger partial charge in [-0.25, -0.2) is 18.6 Å². The van der Waals surface area contributed by atoms with Crippen molar-refractivity contribution < 1.29 is 28.2 Å². The van der Waals surface area contributed by atoms with Crippen LogP contribution < -0.4 is 10.6 Å². The zero-order valence-corrected chi connectivity index (χ0v) is 19.6. The monoisotopic (exact) mass is 487 g/mol. The van der Waals surface area contributed by atoms with E-state index in [0.29, 0.717) is 12.0 Å². The van der Waals surface area contributed by atoms with Crippen molar-refractivity contribution in [2.75, 3.05) is 18.5 Å². The summed E-state index contributed by atoms with van der Waals surface area (Å²) in [6.45, 7) is 1.19. The normalized spacial score (nSPS) is 19.7. The smallest absolute Gasteiger partial charge is 0.326 e. The van der Waals surface area contributed by atoms with Crippen LogP contribution in [0.1, 0.15) is 48.9 Å². The standard InChI is InChI=1S/C26H31F2N3O4/c27-19-10-17(11-20(28)15-19)14-24(32)31-23(26(33)34)7-9-35-22-12-16(13-22)3-5-21-6-4-18-2-1-8-29-25(18)30-21/h4,6,10-11,15-16,22-23H,1-3,5,7-9,12-14H2,(H,29,30)(H,31,32)(H,33,34). The molecule has 1 aromatic heterocycles. The van der Waals surface area contributed by atoms with E-state index in [1.54, 1.807) is 0 Å². The molecular formula is C26H31F2N3O4. The largest absolute Gasteiger partial charge is 0.480 e. The Labute approximate surface area is 203 Å². The molecule has 7 nitrogen and oxygen atoms in total. The van der Waals surface area contributed by atoms with E-state index in [-0.39, 0.29) is 31.1 Å². The molecule has 1 aliphatic carbocycles. The van der Waals surface area contributed by atoms with Gasteiger partial charge in [-0.1, -0.05) is 6.07 Å². The SMILES string of the molecule is O=C(Cc1cc(F)cc(F)c1)NC(CCOC1CC(CCc2ccc3c(n2)NCCC3)C1)C(=O)O. The fourth-order valence-corrected chi connectivity index (χ4v) is 4.66. The van der Waals surface area contributed by atoms with E-state index in [1.807, 2.05) is 0 Å². The molecule has 2 heterocycles. The summed E-state index contributed by atoms with van der Waals surface area (Å²) in [6, 6.07) is 5.97. The molecule has 1 unspecified atom stereocenters. The molecular weight excluding hydrogens is 456 g/mol. The van der Waals surface area contributed by atoms with Crippen molar-refractivity contribution in [1.29, 1.82) is 0 Å². The minimum Gasteiger partial charge on any atom is -0.480 e. The molecule has 188 valence electrons. The van der Waals surface area contributed by atoms with E-state index in [1.165, 1.54) is 5.56 Å².